The number of rotatable bonds is 4. The summed E-state index contributed by atoms with van der Waals surface area (Å²) in [4.78, 5) is 19.0. The average molecular weight is 389 g/mol. The number of para-hydroxylation sites is 1. The lowest BCUT2D eigenvalue weighted by Gasteiger charge is -2.27. The first kappa shape index (κ1) is 19.4. The normalized spacial score (nSPS) is 11.9. The third-order valence-corrected chi connectivity index (χ3v) is 4.40. The quantitative estimate of drug-likeness (QED) is 0.560. The Balaban J connectivity index is 2.31. The van der Waals surface area contributed by atoms with Crippen LogP contribution in [0.3, 0.4) is 0 Å². The Hall–Kier alpha value is -2.34. The maximum absolute atomic E-state index is 12.9. The lowest BCUT2D eigenvalue weighted by atomic mass is 10.1. The van der Waals surface area contributed by atoms with E-state index in [1.165, 1.54) is 0 Å². The highest BCUT2D eigenvalue weighted by Crippen LogP contribution is 2.36. The Labute approximate surface area is 164 Å². The van der Waals surface area contributed by atoms with E-state index in [4.69, 9.17) is 16.3 Å². The molecule has 2 aromatic heterocycles. The van der Waals surface area contributed by atoms with E-state index in [9.17, 15) is 4.79 Å². The second-order valence-electron chi connectivity index (χ2n) is 7.41. The SMILES string of the molecule is CCCn1nc2c(Cl)nc3ccccc3c2c1N(CC)C(=O)OC(C)(C)C. The van der Waals surface area contributed by atoms with E-state index >= 15 is 0 Å². The van der Waals surface area contributed by atoms with Crippen molar-refractivity contribution in [2.24, 2.45) is 0 Å². The number of fused-ring (bicyclic) bond motifs is 3. The average Bonchev–Trinajstić information content (AvgIpc) is 2.95. The molecule has 0 aliphatic carbocycles. The molecule has 0 radical (unpaired) electrons. The van der Waals surface area contributed by atoms with Crippen LogP contribution < -0.4 is 4.90 Å². The third-order valence-electron chi connectivity index (χ3n) is 4.13. The van der Waals surface area contributed by atoms with Gasteiger partial charge < -0.3 is 4.74 Å². The number of benzene rings is 1. The molecule has 0 N–H and O–H groups in total. The van der Waals surface area contributed by atoms with Gasteiger partial charge in [0.2, 0.25) is 0 Å². The molecule has 6 nitrogen and oxygen atoms in total. The highest BCUT2D eigenvalue weighted by Gasteiger charge is 2.28. The second-order valence-corrected chi connectivity index (χ2v) is 7.77. The summed E-state index contributed by atoms with van der Waals surface area (Å²) in [5.74, 6) is 0.698. The zero-order chi connectivity index (χ0) is 19.8. The van der Waals surface area contributed by atoms with Crippen molar-refractivity contribution in [3.63, 3.8) is 0 Å². The Morgan fingerprint density at radius 1 is 1.26 bits per heavy atom. The molecular weight excluding hydrogens is 364 g/mol. The molecular formula is C20H25ClN4O2. The molecule has 1 aromatic carbocycles. The number of carbonyl (C=O) groups excluding carboxylic acids is 1. The minimum absolute atomic E-state index is 0.333. The number of aryl methyl sites for hydroxylation is 1. The van der Waals surface area contributed by atoms with Crippen molar-refractivity contribution in [3.8, 4) is 0 Å². The molecule has 0 atom stereocenters. The number of ether oxygens (including phenoxy) is 1. The van der Waals surface area contributed by atoms with Gasteiger partial charge >= 0.3 is 6.09 Å². The summed E-state index contributed by atoms with van der Waals surface area (Å²) in [7, 11) is 0. The van der Waals surface area contributed by atoms with Crippen LogP contribution >= 0.6 is 11.6 Å². The van der Waals surface area contributed by atoms with Gasteiger partial charge in [-0.05, 0) is 40.2 Å². The molecule has 0 fully saturated rings. The van der Waals surface area contributed by atoms with Crippen LogP contribution in [-0.2, 0) is 11.3 Å². The summed E-state index contributed by atoms with van der Waals surface area (Å²) in [6.45, 7) is 10.7. The maximum Gasteiger partial charge on any atom is 0.415 e. The van der Waals surface area contributed by atoms with Crippen molar-refractivity contribution in [1.82, 2.24) is 14.8 Å². The monoisotopic (exact) mass is 388 g/mol. The summed E-state index contributed by atoms with van der Waals surface area (Å²) in [5, 5.41) is 6.74. The lowest BCUT2D eigenvalue weighted by molar-refractivity contribution is 0.0580. The molecule has 0 saturated heterocycles. The fraction of sp³-hybridized carbons (Fsp3) is 0.450. The van der Waals surface area contributed by atoms with Crippen molar-refractivity contribution in [3.05, 3.63) is 29.4 Å². The van der Waals surface area contributed by atoms with Crippen LogP contribution in [0.25, 0.3) is 21.8 Å². The minimum Gasteiger partial charge on any atom is -0.443 e. The zero-order valence-corrected chi connectivity index (χ0v) is 17.2. The molecule has 3 rings (SSSR count). The summed E-state index contributed by atoms with van der Waals surface area (Å²) in [5.41, 5.74) is 0.783. The van der Waals surface area contributed by atoms with E-state index in [0.29, 0.717) is 29.6 Å². The van der Waals surface area contributed by atoms with E-state index in [1.807, 2.05) is 56.6 Å². The molecule has 0 unspecified atom stereocenters. The fourth-order valence-corrected chi connectivity index (χ4v) is 3.33. The van der Waals surface area contributed by atoms with E-state index in [1.54, 1.807) is 4.90 Å². The van der Waals surface area contributed by atoms with Gasteiger partial charge in [-0.2, -0.15) is 5.10 Å². The Morgan fingerprint density at radius 3 is 2.59 bits per heavy atom. The number of amides is 1. The highest BCUT2D eigenvalue weighted by atomic mass is 35.5. The lowest BCUT2D eigenvalue weighted by Crippen LogP contribution is -2.38. The molecule has 27 heavy (non-hydrogen) atoms. The van der Waals surface area contributed by atoms with Gasteiger partial charge in [-0.25, -0.2) is 14.5 Å². The molecule has 0 aliphatic heterocycles. The van der Waals surface area contributed by atoms with Gasteiger partial charge in [-0.3, -0.25) is 4.90 Å². The number of hydrogen-bond donors (Lipinski definition) is 0. The first-order valence-electron chi connectivity index (χ1n) is 9.22. The summed E-state index contributed by atoms with van der Waals surface area (Å²) in [6.07, 6.45) is 0.469. The van der Waals surface area contributed by atoms with Gasteiger partial charge in [-0.15, -0.1) is 0 Å². The zero-order valence-electron chi connectivity index (χ0n) is 16.4. The molecule has 0 aliphatic rings. The van der Waals surface area contributed by atoms with Gasteiger partial charge in [0.1, 0.15) is 16.9 Å². The molecule has 0 saturated carbocycles. The van der Waals surface area contributed by atoms with Crippen LogP contribution in [0, 0.1) is 0 Å². The van der Waals surface area contributed by atoms with E-state index in [0.717, 1.165) is 22.7 Å². The molecule has 1 amide bonds. The van der Waals surface area contributed by atoms with Crippen LogP contribution in [0.4, 0.5) is 10.6 Å². The van der Waals surface area contributed by atoms with Crippen molar-refractivity contribution in [1.29, 1.82) is 0 Å². The molecule has 0 spiro atoms. The number of nitrogens with zero attached hydrogens (tertiary/aromatic N) is 4. The van der Waals surface area contributed by atoms with E-state index in [-0.39, 0.29) is 0 Å². The van der Waals surface area contributed by atoms with Crippen molar-refractivity contribution < 1.29 is 9.53 Å². The minimum atomic E-state index is -0.586. The number of hydrogen-bond acceptors (Lipinski definition) is 4. The smallest absolute Gasteiger partial charge is 0.415 e. The number of halogens is 1. The number of pyridine rings is 1. The number of anilines is 1. The number of aromatic nitrogens is 3. The first-order valence-corrected chi connectivity index (χ1v) is 9.59. The molecule has 144 valence electrons. The first-order chi connectivity index (χ1) is 12.8. The van der Waals surface area contributed by atoms with Crippen LogP contribution in [0.5, 0.6) is 0 Å². The Morgan fingerprint density at radius 2 is 1.96 bits per heavy atom. The predicted molar refractivity (Wildman–Crippen MR) is 110 cm³/mol. The van der Waals surface area contributed by atoms with Gasteiger partial charge in [0.05, 0.1) is 10.9 Å². The standard InChI is InChI=1S/C20H25ClN4O2/c1-6-12-25-18(24(7-2)19(26)27-20(3,4)5)15-13-10-8-9-11-14(13)22-17(21)16(15)23-25/h8-11H,6-7,12H2,1-5H3. The third kappa shape index (κ3) is 3.72. The van der Waals surface area contributed by atoms with Crippen LogP contribution in [0.1, 0.15) is 41.0 Å². The van der Waals surface area contributed by atoms with Gasteiger partial charge in [0.25, 0.3) is 0 Å². The largest absolute Gasteiger partial charge is 0.443 e. The van der Waals surface area contributed by atoms with E-state index in [2.05, 4.69) is 17.0 Å². The maximum atomic E-state index is 12.9. The molecule has 3 aromatic rings. The van der Waals surface area contributed by atoms with Gasteiger partial charge in [0.15, 0.2) is 5.15 Å². The van der Waals surface area contributed by atoms with Crippen LogP contribution in [0.15, 0.2) is 24.3 Å². The Bertz CT molecular complexity index is 991. The molecule has 7 heteroatoms. The van der Waals surface area contributed by atoms with Crippen LogP contribution in [0.2, 0.25) is 5.15 Å². The van der Waals surface area contributed by atoms with Gasteiger partial charge in [0, 0.05) is 18.5 Å². The topological polar surface area (TPSA) is 60.2 Å². The highest BCUT2D eigenvalue weighted by molar-refractivity contribution is 6.36. The molecule has 0 bridgehead atoms. The van der Waals surface area contributed by atoms with Gasteiger partial charge in [-0.1, -0.05) is 36.7 Å². The van der Waals surface area contributed by atoms with Crippen molar-refractivity contribution in [2.45, 2.75) is 53.2 Å². The molecule has 2 heterocycles. The fourth-order valence-electron chi connectivity index (χ4n) is 3.11. The predicted octanol–water partition coefficient (Wildman–Crippen LogP) is 5.41. The summed E-state index contributed by atoms with van der Waals surface area (Å²) >= 11 is 6.43. The van der Waals surface area contributed by atoms with Crippen molar-refractivity contribution >= 4 is 45.3 Å². The summed E-state index contributed by atoms with van der Waals surface area (Å²) in [6, 6.07) is 7.75. The summed E-state index contributed by atoms with van der Waals surface area (Å²) < 4.78 is 7.47. The van der Waals surface area contributed by atoms with Crippen LogP contribution in [-0.4, -0.2) is 33.0 Å². The second kappa shape index (κ2) is 7.35. The van der Waals surface area contributed by atoms with Crippen molar-refractivity contribution in [2.75, 3.05) is 11.4 Å². The number of carbonyl (C=O) groups is 1. The van der Waals surface area contributed by atoms with E-state index < -0.39 is 11.7 Å². The Kier molecular flexibility index (Phi) is 5.29.